The lowest BCUT2D eigenvalue weighted by atomic mass is 10.2. The highest BCUT2D eigenvalue weighted by atomic mass is 35.5. The average molecular weight is 308 g/mol. The van der Waals surface area contributed by atoms with Crippen LogP contribution in [0.3, 0.4) is 0 Å². The van der Waals surface area contributed by atoms with Crippen LogP contribution in [-0.4, -0.2) is 29.0 Å². The summed E-state index contributed by atoms with van der Waals surface area (Å²) in [5.74, 6) is -0.467. The third kappa shape index (κ3) is 4.88. The molecule has 98 valence electrons. The molecule has 0 radical (unpaired) electrons. The Balaban J connectivity index is 2.72. The van der Waals surface area contributed by atoms with Gasteiger partial charge in [-0.05, 0) is 23.8 Å². The van der Waals surface area contributed by atoms with Gasteiger partial charge in [-0.3, -0.25) is 4.79 Å². The van der Waals surface area contributed by atoms with Gasteiger partial charge in [0.1, 0.15) is 0 Å². The van der Waals surface area contributed by atoms with Crippen molar-refractivity contribution < 1.29 is 15.0 Å². The Bertz CT molecular complexity index is 478. The predicted octanol–water partition coefficient (Wildman–Crippen LogP) is 1.72. The molecule has 1 aromatic carbocycles. The van der Waals surface area contributed by atoms with E-state index in [9.17, 15) is 4.79 Å². The number of amides is 1. The Kier molecular flexibility index (Phi) is 5.98. The van der Waals surface area contributed by atoms with Crippen LogP contribution in [0.2, 0.25) is 10.0 Å². The minimum atomic E-state index is -1.58. The van der Waals surface area contributed by atoms with Gasteiger partial charge in [0.15, 0.2) is 6.29 Å². The third-order valence-corrected chi connectivity index (χ3v) is 3.08. The highest BCUT2D eigenvalue weighted by Gasteiger charge is 2.04. The van der Waals surface area contributed by atoms with Gasteiger partial charge < -0.3 is 15.5 Å². The molecule has 0 fully saturated rings. The number of benzene rings is 1. The number of thiol groups is 1. The number of hydrogen-bond acceptors (Lipinski definition) is 4. The number of aliphatic hydroxyl groups excluding tert-OH is 1. The van der Waals surface area contributed by atoms with Crippen molar-refractivity contribution in [3.63, 3.8) is 0 Å². The minimum Gasteiger partial charge on any atom is -0.367 e. The molecule has 0 atom stereocenters. The standard InChI is InChI=1S/C11H11Cl2NO3S/c12-7-4-9(18)8(13)3-6(7)1-2-10(15)14-5-11(16)17/h1-4,11,16-18H,5H2,(H,14,15)/b2-1+. The Morgan fingerprint density at radius 1 is 1.39 bits per heavy atom. The number of halogens is 2. The first-order chi connectivity index (χ1) is 8.40. The molecule has 0 bridgehead atoms. The molecule has 0 unspecified atom stereocenters. The zero-order valence-corrected chi connectivity index (χ0v) is 11.5. The maximum absolute atomic E-state index is 11.3. The van der Waals surface area contributed by atoms with E-state index < -0.39 is 12.2 Å². The van der Waals surface area contributed by atoms with Crippen LogP contribution in [-0.2, 0) is 4.79 Å². The second-order valence-corrected chi connectivity index (χ2v) is 4.68. The van der Waals surface area contributed by atoms with Gasteiger partial charge in [-0.15, -0.1) is 12.6 Å². The Morgan fingerprint density at radius 2 is 2.06 bits per heavy atom. The summed E-state index contributed by atoms with van der Waals surface area (Å²) in [5, 5.41) is 20.3. The lowest BCUT2D eigenvalue weighted by Gasteiger charge is -2.04. The van der Waals surface area contributed by atoms with E-state index in [-0.39, 0.29) is 6.54 Å². The first-order valence-corrected chi connectivity index (χ1v) is 6.10. The van der Waals surface area contributed by atoms with E-state index in [0.29, 0.717) is 20.5 Å². The van der Waals surface area contributed by atoms with Gasteiger partial charge in [-0.2, -0.15) is 0 Å². The lowest BCUT2D eigenvalue weighted by Crippen LogP contribution is -2.30. The second kappa shape index (κ2) is 7.01. The smallest absolute Gasteiger partial charge is 0.244 e. The van der Waals surface area contributed by atoms with Crippen LogP contribution in [0, 0.1) is 0 Å². The van der Waals surface area contributed by atoms with Gasteiger partial charge in [-0.1, -0.05) is 23.2 Å². The zero-order valence-electron chi connectivity index (χ0n) is 9.10. The molecule has 3 N–H and O–H groups in total. The van der Waals surface area contributed by atoms with E-state index in [0.717, 1.165) is 0 Å². The van der Waals surface area contributed by atoms with Gasteiger partial charge in [-0.25, -0.2) is 0 Å². The summed E-state index contributed by atoms with van der Waals surface area (Å²) in [7, 11) is 0. The molecule has 0 aliphatic rings. The highest BCUT2D eigenvalue weighted by molar-refractivity contribution is 7.80. The van der Waals surface area contributed by atoms with Gasteiger partial charge in [0.25, 0.3) is 0 Å². The molecule has 1 amide bonds. The molecule has 4 nitrogen and oxygen atoms in total. The van der Waals surface area contributed by atoms with Crippen molar-refractivity contribution in [1.82, 2.24) is 5.32 Å². The maximum atomic E-state index is 11.3. The fourth-order valence-electron chi connectivity index (χ4n) is 1.10. The van der Waals surface area contributed by atoms with Gasteiger partial charge in [0.05, 0.1) is 11.6 Å². The predicted molar refractivity (Wildman–Crippen MR) is 74.0 cm³/mol. The number of carbonyl (C=O) groups is 1. The average Bonchev–Trinajstić information content (AvgIpc) is 2.29. The topological polar surface area (TPSA) is 69.6 Å². The number of rotatable bonds is 4. The first kappa shape index (κ1) is 15.3. The monoisotopic (exact) mass is 307 g/mol. The maximum Gasteiger partial charge on any atom is 0.244 e. The van der Waals surface area contributed by atoms with E-state index in [1.54, 1.807) is 12.1 Å². The molecule has 1 aromatic rings. The molecule has 0 aliphatic heterocycles. The van der Waals surface area contributed by atoms with Gasteiger partial charge in [0, 0.05) is 16.0 Å². The van der Waals surface area contributed by atoms with Crippen LogP contribution >= 0.6 is 35.8 Å². The normalized spacial score (nSPS) is 11.2. The van der Waals surface area contributed by atoms with Crippen molar-refractivity contribution in [2.75, 3.05) is 6.54 Å². The molecule has 0 aliphatic carbocycles. The zero-order chi connectivity index (χ0) is 13.7. The third-order valence-electron chi connectivity index (χ3n) is 1.94. The van der Waals surface area contributed by atoms with Crippen LogP contribution in [0.15, 0.2) is 23.1 Å². The fraction of sp³-hybridized carbons (Fsp3) is 0.182. The summed E-state index contributed by atoms with van der Waals surface area (Å²) in [6.07, 6.45) is 1.11. The molecule has 1 rings (SSSR count). The number of carbonyl (C=O) groups excluding carboxylic acids is 1. The molecule has 0 saturated heterocycles. The van der Waals surface area contributed by atoms with Crippen LogP contribution in [0.1, 0.15) is 5.56 Å². The fourth-order valence-corrected chi connectivity index (χ4v) is 1.76. The van der Waals surface area contributed by atoms with Crippen LogP contribution in [0.4, 0.5) is 0 Å². The molecule has 0 saturated carbocycles. The molecular weight excluding hydrogens is 297 g/mol. The van der Waals surface area contributed by atoms with Crippen molar-refractivity contribution in [2.24, 2.45) is 0 Å². The summed E-state index contributed by atoms with van der Waals surface area (Å²) in [6, 6.07) is 3.15. The van der Waals surface area contributed by atoms with Crippen molar-refractivity contribution in [2.45, 2.75) is 11.2 Å². The first-order valence-electron chi connectivity index (χ1n) is 4.90. The van der Waals surface area contributed by atoms with Crippen LogP contribution in [0.5, 0.6) is 0 Å². The number of hydrogen-bond donors (Lipinski definition) is 4. The van der Waals surface area contributed by atoms with Gasteiger partial charge >= 0.3 is 0 Å². The largest absolute Gasteiger partial charge is 0.367 e. The quantitative estimate of drug-likeness (QED) is 0.389. The SMILES string of the molecule is O=C(/C=C/c1cc(Cl)c(S)cc1Cl)NCC(O)O. The summed E-state index contributed by atoms with van der Waals surface area (Å²) in [5.41, 5.74) is 0.569. The van der Waals surface area contributed by atoms with E-state index >= 15 is 0 Å². The van der Waals surface area contributed by atoms with Gasteiger partial charge in [0.2, 0.25) is 5.91 Å². The van der Waals surface area contributed by atoms with Crippen LogP contribution < -0.4 is 5.32 Å². The Labute approximate surface area is 120 Å². The summed E-state index contributed by atoms with van der Waals surface area (Å²) < 4.78 is 0. The summed E-state index contributed by atoms with van der Waals surface area (Å²) >= 11 is 15.9. The van der Waals surface area contributed by atoms with Crippen LogP contribution in [0.25, 0.3) is 6.08 Å². The number of aliphatic hydroxyl groups is 2. The Hall–Kier alpha value is -0.720. The highest BCUT2D eigenvalue weighted by Crippen LogP contribution is 2.28. The van der Waals surface area contributed by atoms with Crippen molar-refractivity contribution >= 4 is 47.8 Å². The lowest BCUT2D eigenvalue weighted by molar-refractivity contribution is -0.118. The molecule has 0 spiro atoms. The van der Waals surface area contributed by atoms with E-state index in [1.165, 1.54) is 12.2 Å². The summed E-state index contributed by atoms with van der Waals surface area (Å²) in [4.78, 5) is 11.8. The molecular formula is C11H11Cl2NO3S. The molecule has 0 heterocycles. The van der Waals surface area contributed by atoms with Crippen molar-refractivity contribution in [1.29, 1.82) is 0 Å². The van der Waals surface area contributed by atoms with E-state index in [1.807, 2.05) is 0 Å². The number of nitrogens with one attached hydrogen (secondary N) is 1. The molecule has 18 heavy (non-hydrogen) atoms. The molecule has 0 aromatic heterocycles. The molecule has 7 heteroatoms. The van der Waals surface area contributed by atoms with Crippen molar-refractivity contribution in [3.8, 4) is 0 Å². The van der Waals surface area contributed by atoms with E-state index in [4.69, 9.17) is 33.4 Å². The minimum absolute atomic E-state index is 0.243. The van der Waals surface area contributed by atoms with Crippen molar-refractivity contribution in [3.05, 3.63) is 33.8 Å². The second-order valence-electron chi connectivity index (χ2n) is 3.38. The van der Waals surface area contributed by atoms with E-state index in [2.05, 4.69) is 17.9 Å². The Morgan fingerprint density at radius 3 is 2.67 bits per heavy atom. The summed E-state index contributed by atoms with van der Waals surface area (Å²) in [6.45, 7) is -0.243.